The molecule has 2 aromatic rings. The van der Waals surface area contributed by atoms with Crippen molar-refractivity contribution in [1.82, 2.24) is 20.1 Å². The van der Waals surface area contributed by atoms with Gasteiger partial charge in [-0.05, 0) is 25.0 Å². The van der Waals surface area contributed by atoms with Crippen LogP contribution in [-0.2, 0) is 11.3 Å². The molecule has 1 N–H and O–H groups in total. The molecule has 0 aromatic carbocycles. The molecule has 1 atom stereocenters. The Morgan fingerprint density at radius 1 is 1.30 bits per heavy atom. The summed E-state index contributed by atoms with van der Waals surface area (Å²) in [5.74, 6) is 1.19. The molecule has 142 valence electrons. The van der Waals surface area contributed by atoms with Crippen molar-refractivity contribution in [2.24, 2.45) is 0 Å². The molecule has 0 bridgehead atoms. The molecule has 7 nitrogen and oxygen atoms in total. The summed E-state index contributed by atoms with van der Waals surface area (Å²) in [5.41, 5.74) is 2.78. The predicted octanol–water partition coefficient (Wildman–Crippen LogP) is 2.55. The van der Waals surface area contributed by atoms with Gasteiger partial charge >= 0.3 is 0 Å². The molecule has 8 heteroatoms. The van der Waals surface area contributed by atoms with E-state index in [2.05, 4.69) is 31.1 Å². The van der Waals surface area contributed by atoms with Crippen molar-refractivity contribution in [2.75, 3.05) is 44.3 Å². The number of nitriles is 1. The molecule has 0 amide bonds. The summed E-state index contributed by atoms with van der Waals surface area (Å²) in [4.78, 5) is 9.09. The summed E-state index contributed by atoms with van der Waals surface area (Å²) in [6, 6.07) is 5.72. The van der Waals surface area contributed by atoms with E-state index in [-0.39, 0.29) is 5.69 Å². The van der Waals surface area contributed by atoms with Crippen LogP contribution in [0, 0.1) is 11.3 Å². The number of anilines is 1. The molecule has 2 saturated heterocycles. The lowest BCUT2D eigenvalue weighted by Crippen LogP contribution is -2.37. The molecule has 0 aliphatic carbocycles. The van der Waals surface area contributed by atoms with Gasteiger partial charge in [-0.25, -0.2) is 4.98 Å². The Morgan fingerprint density at radius 3 is 2.96 bits per heavy atom. The van der Waals surface area contributed by atoms with Crippen LogP contribution in [-0.4, -0.2) is 59.5 Å². The Labute approximate surface area is 163 Å². The monoisotopic (exact) mass is 386 g/mol. The minimum absolute atomic E-state index is 0.283. The van der Waals surface area contributed by atoms with Crippen LogP contribution >= 0.6 is 11.6 Å². The van der Waals surface area contributed by atoms with Crippen LogP contribution < -0.4 is 4.90 Å². The third-order valence-corrected chi connectivity index (χ3v) is 5.64. The lowest BCUT2D eigenvalue weighted by Gasteiger charge is -2.34. The number of hydrogen-bond donors (Lipinski definition) is 1. The summed E-state index contributed by atoms with van der Waals surface area (Å²) in [6.07, 6.45) is 4.15. The Bertz CT molecular complexity index is 826. The van der Waals surface area contributed by atoms with Crippen molar-refractivity contribution in [3.8, 4) is 6.07 Å². The molecular formula is C19H23ClN6O. The van der Waals surface area contributed by atoms with Gasteiger partial charge in [-0.2, -0.15) is 10.4 Å². The van der Waals surface area contributed by atoms with E-state index >= 15 is 0 Å². The van der Waals surface area contributed by atoms with Crippen LogP contribution in [0.15, 0.2) is 18.3 Å². The first-order chi connectivity index (χ1) is 13.2. The predicted molar refractivity (Wildman–Crippen MR) is 103 cm³/mol. The van der Waals surface area contributed by atoms with Crippen LogP contribution in [0.5, 0.6) is 0 Å². The maximum absolute atomic E-state index is 9.19. The van der Waals surface area contributed by atoms with Crippen LogP contribution in [0.1, 0.15) is 35.7 Å². The topological polar surface area (TPSA) is 81.1 Å². The van der Waals surface area contributed by atoms with E-state index in [1.165, 1.54) is 11.3 Å². The summed E-state index contributed by atoms with van der Waals surface area (Å²) in [6.45, 7) is 6.23. The summed E-state index contributed by atoms with van der Waals surface area (Å²) in [7, 11) is 0. The second-order valence-corrected chi connectivity index (χ2v) is 7.50. The van der Waals surface area contributed by atoms with Gasteiger partial charge in [0, 0.05) is 49.9 Å². The smallest absolute Gasteiger partial charge is 0.161 e. The number of hydrogen-bond acceptors (Lipinski definition) is 6. The van der Waals surface area contributed by atoms with Crippen LogP contribution in [0.25, 0.3) is 0 Å². The Kier molecular flexibility index (Phi) is 5.58. The second kappa shape index (κ2) is 8.26. The van der Waals surface area contributed by atoms with Crippen LogP contribution in [0.4, 0.5) is 5.82 Å². The Hall–Kier alpha value is -2.14. The highest BCUT2D eigenvalue weighted by atomic mass is 35.5. The molecule has 2 aliphatic heterocycles. The number of rotatable bonds is 4. The van der Waals surface area contributed by atoms with E-state index in [1.54, 1.807) is 6.07 Å². The fourth-order valence-electron chi connectivity index (χ4n) is 3.91. The molecule has 2 aliphatic rings. The largest absolute Gasteiger partial charge is 0.379 e. The molecule has 27 heavy (non-hydrogen) atoms. The third-order valence-electron chi connectivity index (χ3n) is 5.34. The quantitative estimate of drug-likeness (QED) is 0.869. The second-order valence-electron chi connectivity index (χ2n) is 7.09. The van der Waals surface area contributed by atoms with Crippen molar-refractivity contribution >= 4 is 17.4 Å². The lowest BCUT2D eigenvalue weighted by molar-refractivity contribution is 0.0340. The van der Waals surface area contributed by atoms with Gasteiger partial charge in [0.25, 0.3) is 0 Å². The minimum atomic E-state index is 0.283. The first-order valence-electron chi connectivity index (χ1n) is 9.38. The highest BCUT2D eigenvalue weighted by molar-refractivity contribution is 6.31. The number of ether oxygens (including phenoxy) is 1. The van der Waals surface area contributed by atoms with Gasteiger partial charge < -0.3 is 9.64 Å². The standard InChI is InChI=1S/C19H23ClN6O/c20-16-3-4-18(23-17(16)10-21)26-5-1-2-14(13-26)19-15(11-22-24-19)12-25-6-8-27-9-7-25/h3-4,11,14H,1-2,5-9,12-13H2,(H,22,24)/t14-/m0/s1. The number of aromatic amines is 1. The lowest BCUT2D eigenvalue weighted by atomic mass is 9.92. The number of aromatic nitrogens is 3. The Balaban J connectivity index is 1.49. The van der Waals surface area contributed by atoms with Gasteiger partial charge in [-0.3, -0.25) is 10.00 Å². The fraction of sp³-hybridized carbons (Fsp3) is 0.526. The van der Waals surface area contributed by atoms with E-state index in [9.17, 15) is 5.26 Å². The number of halogens is 1. The van der Waals surface area contributed by atoms with Gasteiger partial charge in [-0.1, -0.05) is 11.6 Å². The normalized spacial score (nSPS) is 21.2. The average Bonchev–Trinajstić information content (AvgIpc) is 3.17. The molecule has 0 unspecified atom stereocenters. The van der Waals surface area contributed by atoms with Crippen molar-refractivity contribution in [1.29, 1.82) is 5.26 Å². The highest BCUT2D eigenvalue weighted by Gasteiger charge is 2.26. The summed E-state index contributed by atoms with van der Waals surface area (Å²) in [5, 5.41) is 17.2. The van der Waals surface area contributed by atoms with Crippen molar-refractivity contribution in [3.05, 3.63) is 40.3 Å². The zero-order valence-corrected chi connectivity index (χ0v) is 16.0. The zero-order valence-electron chi connectivity index (χ0n) is 15.2. The van der Waals surface area contributed by atoms with Gasteiger partial charge in [0.15, 0.2) is 5.69 Å². The SMILES string of the molecule is N#Cc1nc(N2CCC[C@H](c3[nH]ncc3CN3CCOCC3)C2)ccc1Cl. The molecule has 2 fully saturated rings. The van der Waals surface area contributed by atoms with Gasteiger partial charge in [0.2, 0.25) is 0 Å². The number of pyridine rings is 1. The van der Waals surface area contributed by atoms with E-state index in [0.717, 1.165) is 64.6 Å². The van der Waals surface area contributed by atoms with Gasteiger partial charge in [0.05, 0.1) is 24.4 Å². The molecule has 0 saturated carbocycles. The van der Waals surface area contributed by atoms with Gasteiger partial charge in [-0.15, -0.1) is 0 Å². The first kappa shape index (κ1) is 18.2. The van der Waals surface area contributed by atoms with Crippen molar-refractivity contribution in [3.63, 3.8) is 0 Å². The molecule has 0 spiro atoms. The summed E-state index contributed by atoms with van der Waals surface area (Å²) < 4.78 is 5.44. The van der Waals surface area contributed by atoms with Gasteiger partial charge in [0.1, 0.15) is 11.9 Å². The molecule has 4 heterocycles. The molecule has 2 aromatic heterocycles. The molecule has 0 radical (unpaired) electrons. The van der Waals surface area contributed by atoms with Crippen molar-refractivity contribution in [2.45, 2.75) is 25.3 Å². The first-order valence-corrected chi connectivity index (χ1v) is 9.76. The number of H-pyrrole nitrogens is 1. The van der Waals surface area contributed by atoms with E-state index in [4.69, 9.17) is 16.3 Å². The van der Waals surface area contributed by atoms with Crippen LogP contribution in [0.3, 0.4) is 0 Å². The third kappa shape index (κ3) is 4.08. The summed E-state index contributed by atoms with van der Waals surface area (Å²) >= 11 is 6.03. The average molecular weight is 387 g/mol. The number of nitrogens with one attached hydrogen (secondary N) is 1. The number of nitrogens with zero attached hydrogens (tertiary/aromatic N) is 5. The Morgan fingerprint density at radius 2 is 2.15 bits per heavy atom. The maximum Gasteiger partial charge on any atom is 0.161 e. The van der Waals surface area contributed by atoms with E-state index in [0.29, 0.717) is 10.9 Å². The fourth-order valence-corrected chi connectivity index (χ4v) is 4.06. The van der Waals surface area contributed by atoms with Crippen LogP contribution in [0.2, 0.25) is 5.02 Å². The number of piperidine rings is 1. The number of morpholine rings is 1. The minimum Gasteiger partial charge on any atom is -0.379 e. The zero-order chi connectivity index (χ0) is 18.6. The molecular weight excluding hydrogens is 364 g/mol. The maximum atomic E-state index is 9.19. The highest BCUT2D eigenvalue weighted by Crippen LogP contribution is 2.31. The van der Waals surface area contributed by atoms with E-state index in [1.807, 2.05) is 12.3 Å². The van der Waals surface area contributed by atoms with Crippen molar-refractivity contribution < 1.29 is 4.74 Å². The molecule has 4 rings (SSSR count). The van der Waals surface area contributed by atoms with E-state index < -0.39 is 0 Å².